The molecule has 0 spiro atoms. The van der Waals surface area contributed by atoms with Crippen molar-refractivity contribution >= 4 is 5.69 Å². The molecule has 112 valence electrons. The fraction of sp³-hybridized carbons (Fsp3) is 0.600. The first kappa shape index (κ1) is 15.2. The summed E-state index contributed by atoms with van der Waals surface area (Å²) < 4.78 is 40.0. The fourth-order valence-electron chi connectivity index (χ4n) is 2.71. The molecular formula is C15H21F3N2. The van der Waals surface area contributed by atoms with Gasteiger partial charge in [-0.05, 0) is 32.7 Å². The van der Waals surface area contributed by atoms with Crippen molar-refractivity contribution in [3.8, 4) is 0 Å². The highest BCUT2D eigenvalue weighted by Crippen LogP contribution is 2.22. The third-order valence-electron chi connectivity index (χ3n) is 3.70. The highest BCUT2D eigenvalue weighted by Gasteiger charge is 2.18. The molecule has 0 radical (unpaired) electrons. The van der Waals surface area contributed by atoms with Crippen molar-refractivity contribution in [2.75, 3.05) is 11.9 Å². The summed E-state index contributed by atoms with van der Waals surface area (Å²) in [6, 6.07) is 1.68. The van der Waals surface area contributed by atoms with Gasteiger partial charge in [-0.15, -0.1) is 0 Å². The number of hydrogen-bond donors (Lipinski definition) is 2. The van der Waals surface area contributed by atoms with E-state index < -0.39 is 17.5 Å². The van der Waals surface area contributed by atoms with Crippen molar-refractivity contribution < 1.29 is 13.2 Å². The molecular weight excluding hydrogens is 265 g/mol. The molecule has 1 aromatic carbocycles. The van der Waals surface area contributed by atoms with Gasteiger partial charge in [0.05, 0.1) is 0 Å². The maximum absolute atomic E-state index is 13.6. The lowest BCUT2D eigenvalue weighted by atomic mass is 10.0. The molecule has 2 atom stereocenters. The van der Waals surface area contributed by atoms with Crippen LogP contribution in [0, 0.1) is 17.5 Å². The predicted molar refractivity (Wildman–Crippen MR) is 74.3 cm³/mol. The quantitative estimate of drug-likeness (QED) is 0.879. The second-order valence-corrected chi connectivity index (χ2v) is 5.53. The van der Waals surface area contributed by atoms with Crippen molar-refractivity contribution in [3.05, 3.63) is 29.6 Å². The van der Waals surface area contributed by atoms with E-state index in [1.165, 1.54) is 19.3 Å². The largest absolute Gasteiger partial charge is 0.378 e. The number of anilines is 1. The van der Waals surface area contributed by atoms with Crippen LogP contribution in [0.4, 0.5) is 18.9 Å². The Morgan fingerprint density at radius 2 is 1.90 bits per heavy atom. The molecule has 1 heterocycles. The fourth-order valence-corrected chi connectivity index (χ4v) is 2.71. The van der Waals surface area contributed by atoms with Gasteiger partial charge in [-0.3, -0.25) is 0 Å². The van der Waals surface area contributed by atoms with Crippen molar-refractivity contribution in [2.24, 2.45) is 0 Å². The van der Waals surface area contributed by atoms with E-state index in [9.17, 15) is 13.2 Å². The summed E-state index contributed by atoms with van der Waals surface area (Å²) >= 11 is 0. The highest BCUT2D eigenvalue weighted by molar-refractivity contribution is 5.47. The molecule has 1 aliphatic rings. The Bertz CT molecular complexity index is 420. The van der Waals surface area contributed by atoms with Gasteiger partial charge in [-0.2, -0.15) is 0 Å². The van der Waals surface area contributed by atoms with Crippen LogP contribution in [0.15, 0.2) is 12.1 Å². The summed E-state index contributed by atoms with van der Waals surface area (Å²) in [4.78, 5) is 0. The summed E-state index contributed by atoms with van der Waals surface area (Å²) in [5.41, 5.74) is -0.243. The summed E-state index contributed by atoms with van der Waals surface area (Å²) in [6.45, 7) is 2.88. The number of hydrogen-bond acceptors (Lipinski definition) is 2. The minimum Gasteiger partial charge on any atom is -0.378 e. The van der Waals surface area contributed by atoms with Crippen LogP contribution in [0.3, 0.4) is 0 Å². The molecule has 0 bridgehead atoms. The van der Waals surface area contributed by atoms with E-state index in [1.54, 1.807) is 0 Å². The molecule has 20 heavy (non-hydrogen) atoms. The summed E-state index contributed by atoms with van der Waals surface area (Å²) in [5, 5.41) is 6.27. The zero-order valence-electron chi connectivity index (χ0n) is 11.7. The number of halogens is 3. The zero-order valence-corrected chi connectivity index (χ0v) is 11.7. The minimum absolute atomic E-state index is 0.0833. The van der Waals surface area contributed by atoms with Gasteiger partial charge in [0.1, 0.15) is 11.5 Å². The monoisotopic (exact) mass is 286 g/mol. The minimum atomic E-state index is -0.899. The van der Waals surface area contributed by atoms with Crippen LogP contribution in [-0.2, 0) is 0 Å². The topological polar surface area (TPSA) is 24.1 Å². The van der Waals surface area contributed by atoms with Crippen LogP contribution in [0.5, 0.6) is 0 Å². The van der Waals surface area contributed by atoms with E-state index in [0.29, 0.717) is 18.2 Å². The molecule has 1 aromatic rings. The van der Waals surface area contributed by atoms with Crippen LogP contribution in [0.1, 0.15) is 39.0 Å². The van der Waals surface area contributed by atoms with Gasteiger partial charge in [0.15, 0.2) is 11.6 Å². The standard InChI is InChI=1S/C15H21F3N2/c1-10(7-12-5-3-2-4-6-19-12)20-15-13(17)8-11(16)9-14(15)18/h8-10,12,19-20H,2-7H2,1H3. The van der Waals surface area contributed by atoms with Gasteiger partial charge in [0, 0.05) is 24.2 Å². The van der Waals surface area contributed by atoms with Gasteiger partial charge in [-0.25, -0.2) is 13.2 Å². The third-order valence-corrected chi connectivity index (χ3v) is 3.70. The van der Waals surface area contributed by atoms with Crippen molar-refractivity contribution in [2.45, 2.75) is 51.1 Å². The Balaban J connectivity index is 1.95. The predicted octanol–water partition coefficient (Wildman–Crippen LogP) is 3.83. The van der Waals surface area contributed by atoms with Crippen LogP contribution in [0.25, 0.3) is 0 Å². The van der Waals surface area contributed by atoms with Crippen LogP contribution in [0.2, 0.25) is 0 Å². The smallest absolute Gasteiger partial charge is 0.152 e. The summed E-state index contributed by atoms with van der Waals surface area (Å²) in [5.74, 6) is -2.67. The van der Waals surface area contributed by atoms with E-state index >= 15 is 0 Å². The molecule has 0 saturated carbocycles. The molecule has 1 fully saturated rings. The Morgan fingerprint density at radius 3 is 2.60 bits per heavy atom. The van der Waals surface area contributed by atoms with E-state index in [1.807, 2.05) is 6.92 Å². The van der Waals surface area contributed by atoms with Crippen molar-refractivity contribution in [3.63, 3.8) is 0 Å². The lowest BCUT2D eigenvalue weighted by Gasteiger charge is -2.22. The first-order valence-corrected chi connectivity index (χ1v) is 7.20. The first-order chi connectivity index (χ1) is 9.56. The van der Waals surface area contributed by atoms with Crippen LogP contribution in [-0.4, -0.2) is 18.6 Å². The Hall–Kier alpha value is -1.23. The molecule has 0 aromatic heterocycles. The van der Waals surface area contributed by atoms with Gasteiger partial charge in [0.25, 0.3) is 0 Å². The van der Waals surface area contributed by atoms with Crippen molar-refractivity contribution in [1.29, 1.82) is 0 Å². The van der Waals surface area contributed by atoms with Crippen molar-refractivity contribution in [1.82, 2.24) is 5.32 Å². The second-order valence-electron chi connectivity index (χ2n) is 5.53. The summed E-state index contributed by atoms with van der Waals surface area (Å²) in [6.07, 6.45) is 5.46. The number of nitrogens with one attached hydrogen (secondary N) is 2. The third kappa shape index (κ3) is 4.13. The van der Waals surface area contributed by atoms with Crippen LogP contribution < -0.4 is 10.6 Å². The highest BCUT2D eigenvalue weighted by atomic mass is 19.1. The van der Waals surface area contributed by atoms with Gasteiger partial charge >= 0.3 is 0 Å². The molecule has 2 unspecified atom stereocenters. The lowest BCUT2D eigenvalue weighted by Crippen LogP contribution is -2.33. The number of benzene rings is 1. The molecule has 0 amide bonds. The molecule has 2 nitrogen and oxygen atoms in total. The van der Waals surface area contributed by atoms with Gasteiger partial charge in [0.2, 0.25) is 0 Å². The maximum Gasteiger partial charge on any atom is 0.152 e. The van der Waals surface area contributed by atoms with Gasteiger partial charge in [-0.1, -0.05) is 12.8 Å². The van der Waals surface area contributed by atoms with E-state index in [2.05, 4.69) is 10.6 Å². The normalized spacial score (nSPS) is 21.3. The average molecular weight is 286 g/mol. The van der Waals surface area contributed by atoms with E-state index in [-0.39, 0.29) is 11.7 Å². The lowest BCUT2D eigenvalue weighted by molar-refractivity contribution is 0.453. The Kier molecular flexibility index (Phi) is 5.29. The summed E-state index contributed by atoms with van der Waals surface area (Å²) in [7, 11) is 0. The molecule has 5 heteroatoms. The first-order valence-electron chi connectivity index (χ1n) is 7.20. The Labute approximate surface area is 117 Å². The van der Waals surface area contributed by atoms with E-state index in [0.717, 1.165) is 19.4 Å². The number of rotatable bonds is 4. The average Bonchev–Trinajstić information content (AvgIpc) is 2.62. The molecule has 1 aliphatic heterocycles. The SMILES string of the molecule is CC(CC1CCCCCN1)Nc1c(F)cc(F)cc1F. The molecule has 1 saturated heterocycles. The second kappa shape index (κ2) is 6.97. The van der Waals surface area contributed by atoms with E-state index in [4.69, 9.17) is 0 Å². The maximum atomic E-state index is 13.6. The molecule has 0 aliphatic carbocycles. The Morgan fingerprint density at radius 1 is 1.20 bits per heavy atom. The van der Waals surface area contributed by atoms with Gasteiger partial charge < -0.3 is 10.6 Å². The molecule has 2 N–H and O–H groups in total. The molecule has 2 rings (SSSR count). The van der Waals surface area contributed by atoms with Crippen LogP contribution >= 0.6 is 0 Å². The zero-order chi connectivity index (χ0) is 14.5.